The summed E-state index contributed by atoms with van der Waals surface area (Å²) in [6.07, 6.45) is 6.83. The van der Waals surface area contributed by atoms with Crippen molar-refractivity contribution in [3.63, 3.8) is 0 Å². The van der Waals surface area contributed by atoms with E-state index in [0.717, 1.165) is 55.8 Å². The summed E-state index contributed by atoms with van der Waals surface area (Å²) in [6, 6.07) is 16.4. The Bertz CT molecular complexity index is 749. The summed E-state index contributed by atoms with van der Waals surface area (Å²) in [6.45, 7) is 5.64. The van der Waals surface area contributed by atoms with Crippen molar-refractivity contribution in [1.29, 1.82) is 5.26 Å². The van der Waals surface area contributed by atoms with E-state index in [-0.39, 0.29) is 6.04 Å². The standard InChI is InChI=1S/C22H25N3O/c1-18(25-15-5-3-7-21(25)16-23)8-9-19-10-12-22(13-11-19)26-17-20-6-2-4-14-24-20/h2,4,6,10-14,21H,1,3,5,7-9,15,17H2. The van der Waals surface area contributed by atoms with E-state index in [1.165, 1.54) is 5.56 Å². The minimum absolute atomic E-state index is 0.00128. The number of hydrogen-bond donors (Lipinski definition) is 0. The predicted molar refractivity (Wildman–Crippen MR) is 102 cm³/mol. The molecule has 2 heterocycles. The summed E-state index contributed by atoms with van der Waals surface area (Å²) in [5, 5.41) is 9.31. The topological polar surface area (TPSA) is 49.1 Å². The fourth-order valence-corrected chi connectivity index (χ4v) is 3.27. The number of nitrogens with zero attached hydrogens (tertiary/aromatic N) is 3. The Hall–Kier alpha value is -2.80. The average molecular weight is 347 g/mol. The first kappa shape index (κ1) is 18.0. The zero-order chi connectivity index (χ0) is 18.2. The van der Waals surface area contributed by atoms with Crippen molar-refractivity contribution in [2.45, 2.75) is 44.8 Å². The summed E-state index contributed by atoms with van der Waals surface area (Å²) in [7, 11) is 0. The molecule has 2 aromatic rings. The number of benzene rings is 1. The van der Waals surface area contributed by atoms with Crippen molar-refractivity contribution < 1.29 is 4.74 Å². The van der Waals surface area contributed by atoms with Crippen LogP contribution in [0.2, 0.25) is 0 Å². The quantitative estimate of drug-likeness (QED) is 0.741. The van der Waals surface area contributed by atoms with Crippen LogP contribution in [0.4, 0.5) is 0 Å². The molecule has 4 heteroatoms. The molecular formula is C22H25N3O. The molecule has 1 aliphatic rings. The summed E-state index contributed by atoms with van der Waals surface area (Å²) >= 11 is 0. The van der Waals surface area contributed by atoms with Gasteiger partial charge in [0.05, 0.1) is 11.8 Å². The molecule has 0 N–H and O–H groups in total. The van der Waals surface area contributed by atoms with Gasteiger partial charge in [0.1, 0.15) is 18.4 Å². The summed E-state index contributed by atoms with van der Waals surface area (Å²) in [5.41, 5.74) is 3.25. The number of nitriles is 1. The highest BCUT2D eigenvalue weighted by atomic mass is 16.5. The SMILES string of the molecule is C=C(CCc1ccc(OCc2ccccn2)cc1)N1CCCCC1C#N. The molecule has 1 aliphatic heterocycles. The highest BCUT2D eigenvalue weighted by Gasteiger charge is 2.22. The number of likely N-dealkylation sites (tertiary alicyclic amines) is 1. The van der Waals surface area contributed by atoms with Gasteiger partial charge in [0.25, 0.3) is 0 Å². The average Bonchev–Trinajstić information content (AvgIpc) is 2.72. The Labute approximate surface area is 155 Å². The van der Waals surface area contributed by atoms with Crippen LogP contribution >= 0.6 is 0 Å². The van der Waals surface area contributed by atoms with E-state index in [1.807, 2.05) is 30.3 Å². The second-order valence-electron chi connectivity index (χ2n) is 6.65. The number of hydrogen-bond acceptors (Lipinski definition) is 4. The smallest absolute Gasteiger partial charge is 0.130 e. The minimum Gasteiger partial charge on any atom is -0.487 e. The molecule has 0 spiro atoms. The first-order valence-electron chi connectivity index (χ1n) is 9.22. The fraction of sp³-hybridized carbons (Fsp3) is 0.364. The Kier molecular flexibility index (Phi) is 6.27. The first-order valence-corrected chi connectivity index (χ1v) is 9.22. The minimum atomic E-state index is -0.00128. The zero-order valence-corrected chi connectivity index (χ0v) is 15.1. The van der Waals surface area contributed by atoms with Crippen LogP contribution in [-0.2, 0) is 13.0 Å². The number of aryl methyl sites for hydroxylation is 1. The summed E-state index contributed by atoms with van der Waals surface area (Å²) in [5.74, 6) is 0.846. The van der Waals surface area contributed by atoms with Gasteiger partial charge in [-0.2, -0.15) is 5.26 Å². The summed E-state index contributed by atoms with van der Waals surface area (Å²) in [4.78, 5) is 6.44. The van der Waals surface area contributed by atoms with Crippen molar-refractivity contribution in [2.75, 3.05) is 6.54 Å². The van der Waals surface area contributed by atoms with Gasteiger partial charge in [-0.05, 0) is 61.9 Å². The number of rotatable bonds is 7. The largest absolute Gasteiger partial charge is 0.487 e. The van der Waals surface area contributed by atoms with Crippen LogP contribution in [-0.4, -0.2) is 22.5 Å². The maximum absolute atomic E-state index is 9.31. The van der Waals surface area contributed by atoms with Gasteiger partial charge in [-0.1, -0.05) is 24.8 Å². The van der Waals surface area contributed by atoms with Gasteiger partial charge in [-0.15, -0.1) is 0 Å². The Balaban J connectivity index is 1.48. The van der Waals surface area contributed by atoms with Crippen LogP contribution in [0.1, 0.15) is 36.9 Å². The molecule has 0 radical (unpaired) electrons. The van der Waals surface area contributed by atoms with E-state index in [4.69, 9.17) is 4.74 Å². The third kappa shape index (κ3) is 4.86. The van der Waals surface area contributed by atoms with Crippen molar-refractivity contribution in [1.82, 2.24) is 9.88 Å². The predicted octanol–water partition coefficient (Wildman–Crippen LogP) is 4.48. The number of pyridine rings is 1. The van der Waals surface area contributed by atoms with Crippen molar-refractivity contribution in [3.8, 4) is 11.8 Å². The highest BCUT2D eigenvalue weighted by Crippen LogP contribution is 2.23. The molecule has 1 unspecified atom stereocenters. The monoisotopic (exact) mass is 347 g/mol. The van der Waals surface area contributed by atoms with Crippen molar-refractivity contribution in [3.05, 3.63) is 72.2 Å². The molecule has 0 aliphatic carbocycles. The Morgan fingerprint density at radius 3 is 2.81 bits per heavy atom. The second-order valence-corrected chi connectivity index (χ2v) is 6.65. The van der Waals surface area contributed by atoms with E-state index in [9.17, 15) is 5.26 Å². The van der Waals surface area contributed by atoms with Gasteiger partial charge in [0.15, 0.2) is 0 Å². The second kappa shape index (κ2) is 9.05. The van der Waals surface area contributed by atoms with Gasteiger partial charge < -0.3 is 9.64 Å². The van der Waals surface area contributed by atoms with Crippen molar-refractivity contribution in [2.24, 2.45) is 0 Å². The number of piperidine rings is 1. The summed E-state index contributed by atoms with van der Waals surface area (Å²) < 4.78 is 5.77. The Morgan fingerprint density at radius 2 is 2.08 bits per heavy atom. The molecular weight excluding hydrogens is 322 g/mol. The number of aromatic nitrogens is 1. The van der Waals surface area contributed by atoms with Crippen LogP contribution in [0.25, 0.3) is 0 Å². The third-order valence-electron chi connectivity index (χ3n) is 4.80. The normalized spacial score (nSPS) is 16.7. The van der Waals surface area contributed by atoms with Gasteiger partial charge in [0.2, 0.25) is 0 Å². The molecule has 0 saturated carbocycles. The van der Waals surface area contributed by atoms with E-state index in [2.05, 4.69) is 34.7 Å². The highest BCUT2D eigenvalue weighted by molar-refractivity contribution is 5.28. The Morgan fingerprint density at radius 1 is 1.23 bits per heavy atom. The van der Waals surface area contributed by atoms with Crippen LogP contribution < -0.4 is 4.74 Å². The van der Waals surface area contributed by atoms with Gasteiger partial charge in [-0.3, -0.25) is 4.98 Å². The van der Waals surface area contributed by atoms with Crippen LogP contribution in [0.15, 0.2) is 60.9 Å². The molecule has 26 heavy (non-hydrogen) atoms. The maximum atomic E-state index is 9.31. The third-order valence-corrected chi connectivity index (χ3v) is 4.80. The molecule has 1 aromatic carbocycles. The van der Waals surface area contributed by atoms with Crippen LogP contribution in [0.3, 0.4) is 0 Å². The lowest BCUT2D eigenvalue weighted by Crippen LogP contribution is -2.37. The number of allylic oxidation sites excluding steroid dienone is 1. The molecule has 134 valence electrons. The van der Waals surface area contributed by atoms with Crippen LogP contribution in [0, 0.1) is 11.3 Å². The molecule has 1 saturated heterocycles. The molecule has 3 rings (SSSR count). The first-order chi connectivity index (χ1) is 12.8. The van der Waals surface area contributed by atoms with Crippen molar-refractivity contribution >= 4 is 0 Å². The van der Waals surface area contributed by atoms with E-state index < -0.39 is 0 Å². The molecule has 1 fully saturated rings. The molecule has 0 amide bonds. The maximum Gasteiger partial charge on any atom is 0.130 e. The van der Waals surface area contributed by atoms with Crippen LogP contribution in [0.5, 0.6) is 5.75 Å². The lowest BCUT2D eigenvalue weighted by atomic mass is 10.0. The lowest BCUT2D eigenvalue weighted by Gasteiger charge is -2.34. The zero-order valence-electron chi connectivity index (χ0n) is 15.1. The van der Waals surface area contributed by atoms with Gasteiger partial charge >= 0.3 is 0 Å². The molecule has 4 nitrogen and oxygen atoms in total. The van der Waals surface area contributed by atoms with E-state index in [1.54, 1.807) is 6.20 Å². The van der Waals surface area contributed by atoms with Gasteiger partial charge in [0, 0.05) is 18.4 Å². The molecule has 1 aromatic heterocycles. The van der Waals surface area contributed by atoms with E-state index >= 15 is 0 Å². The molecule has 0 bridgehead atoms. The number of ether oxygens (including phenoxy) is 1. The van der Waals surface area contributed by atoms with Gasteiger partial charge in [-0.25, -0.2) is 0 Å². The lowest BCUT2D eigenvalue weighted by molar-refractivity contribution is 0.229. The fourth-order valence-electron chi connectivity index (χ4n) is 3.27. The molecule has 1 atom stereocenters. The van der Waals surface area contributed by atoms with E-state index in [0.29, 0.717) is 6.61 Å².